The number of aliphatic carboxylic acids is 2. The van der Waals surface area contributed by atoms with E-state index in [1.54, 1.807) is 30.3 Å². The van der Waals surface area contributed by atoms with E-state index < -0.39 is 72.6 Å². The summed E-state index contributed by atoms with van der Waals surface area (Å²) in [5.41, 5.74) is 17.1. The molecule has 38 heavy (non-hydrogen) atoms. The minimum absolute atomic E-state index is 0.0284. The number of carbonyl (C=O) groups is 6. The van der Waals surface area contributed by atoms with Crippen molar-refractivity contribution in [2.45, 2.75) is 69.1 Å². The van der Waals surface area contributed by atoms with Gasteiger partial charge in [0.1, 0.15) is 18.1 Å². The minimum Gasteiger partial charge on any atom is -0.481 e. The van der Waals surface area contributed by atoms with Crippen LogP contribution in [0.5, 0.6) is 0 Å². The summed E-state index contributed by atoms with van der Waals surface area (Å²) in [6.45, 7) is 0.440. The topological polar surface area (TPSA) is 257 Å². The molecule has 0 fully saturated rings. The maximum Gasteiger partial charge on any atom is 0.326 e. The number of amides is 4. The molecule has 1 aromatic carbocycles. The quantitative estimate of drug-likeness (QED) is 0.0953. The van der Waals surface area contributed by atoms with E-state index >= 15 is 0 Å². The van der Waals surface area contributed by atoms with E-state index in [4.69, 9.17) is 22.3 Å². The highest BCUT2D eigenvalue weighted by Crippen LogP contribution is 2.07. The summed E-state index contributed by atoms with van der Waals surface area (Å²) >= 11 is 0. The molecular weight excluding hydrogens is 500 g/mol. The standard InChI is InChI=1S/C24H36N6O8/c25-11-5-4-8-15(26)21(34)29-17(12-14-6-2-1-3-7-14)23(36)28-16(9-10-20(32)33)22(35)30-18(24(37)38)13-19(27)31/h1-3,6-7,15-18H,4-5,8-13,25-26H2,(H2,27,31)(H,28,36)(H,29,34)(H,30,35)(H,32,33)(H,37,38). The zero-order valence-corrected chi connectivity index (χ0v) is 20.9. The third-order valence-corrected chi connectivity index (χ3v) is 5.52. The molecule has 0 aromatic heterocycles. The predicted molar refractivity (Wildman–Crippen MR) is 135 cm³/mol. The molecule has 0 aliphatic heterocycles. The molecule has 0 aliphatic rings. The van der Waals surface area contributed by atoms with Crippen molar-refractivity contribution in [1.82, 2.24) is 16.0 Å². The van der Waals surface area contributed by atoms with Gasteiger partial charge < -0.3 is 43.4 Å². The average molecular weight is 537 g/mol. The molecule has 14 nitrogen and oxygen atoms in total. The van der Waals surface area contributed by atoms with Gasteiger partial charge in [0.2, 0.25) is 23.6 Å². The van der Waals surface area contributed by atoms with Gasteiger partial charge in [0.15, 0.2) is 0 Å². The van der Waals surface area contributed by atoms with E-state index in [0.717, 1.165) is 0 Å². The number of carboxylic acid groups (broad SMARTS) is 2. The molecular formula is C24H36N6O8. The Morgan fingerprint density at radius 3 is 1.92 bits per heavy atom. The van der Waals surface area contributed by atoms with Crippen molar-refractivity contribution in [2.24, 2.45) is 17.2 Å². The summed E-state index contributed by atoms with van der Waals surface area (Å²) < 4.78 is 0. The molecule has 0 bridgehead atoms. The fourth-order valence-electron chi connectivity index (χ4n) is 3.46. The van der Waals surface area contributed by atoms with Gasteiger partial charge >= 0.3 is 11.9 Å². The smallest absolute Gasteiger partial charge is 0.326 e. The largest absolute Gasteiger partial charge is 0.481 e. The zero-order chi connectivity index (χ0) is 28.7. The molecule has 0 spiro atoms. The number of primary amides is 1. The van der Waals surface area contributed by atoms with Gasteiger partial charge in [-0.15, -0.1) is 0 Å². The number of hydrogen-bond donors (Lipinski definition) is 8. The first kappa shape index (κ1) is 32.0. The number of carbonyl (C=O) groups excluding carboxylic acids is 4. The van der Waals surface area contributed by atoms with E-state index in [-0.39, 0.29) is 12.8 Å². The molecule has 210 valence electrons. The highest BCUT2D eigenvalue weighted by Gasteiger charge is 2.31. The average Bonchev–Trinajstić information content (AvgIpc) is 2.85. The minimum atomic E-state index is -1.68. The monoisotopic (exact) mass is 536 g/mol. The van der Waals surface area contributed by atoms with E-state index in [1.165, 1.54) is 0 Å². The Bertz CT molecular complexity index is 974. The predicted octanol–water partition coefficient (Wildman–Crippen LogP) is -2.04. The zero-order valence-electron chi connectivity index (χ0n) is 20.9. The van der Waals surface area contributed by atoms with E-state index in [0.29, 0.717) is 31.4 Å². The maximum absolute atomic E-state index is 13.2. The maximum atomic E-state index is 13.2. The van der Waals surface area contributed by atoms with Crippen molar-refractivity contribution < 1.29 is 39.0 Å². The van der Waals surface area contributed by atoms with Crippen molar-refractivity contribution in [3.63, 3.8) is 0 Å². The molecule has 1 aromatic rings. The second-order valence-electron chi connectivity index (χ2n) is 8.71. The molecule has 11 N–H and O–H groups in total. The van der Waals surface area contributed by atoms with Crippen molar-refractivity contribution in [3.05, 3.63) is 35.9 Å². The van der Waals surface area contributed by atoms with Gasteiger partial charge in [0, 0.05) is 12.8 Å². The molecule has 1 rings (SSSR count). The van der Waals surface area contributed by atoms with Gasteiger partial charge in [0.05, 0.1) is 12.5 Å². The lowest BCUT2D eigenvalue weighted by molar-refractivity contribution is -0.144. The SMILES string of the molecule is NCCCCC(N)C(=O)NC(Cc1ccccc1)C(=O)NC(CCC(=O)O)C(=O)NC(CC(N)=O)C(=O)O. The van der Waals surface area contributed by atoms with Crippen LogP contribution < -0.4 is 33.2 Å². The second kappa shape index (κ2) is 16.7. The number of benzene rings is 1. The van der Waals surface area contributed by atoms with Gasteiger partial charge in [0.25, 0.3) is 0 Å². The van der Waals surface area contributed by atoms with Crippen LogP contribution in [0.2, 0.25) is 0 Å². The molecule has 0 saturated heterocycles. The Hall–Kier alpha value is -4.04. The van der Waals surface area contributed by atoms with Crippen LogP contribution >= 0.6 is 0 Å². The van der Waals surface area contributed by atoms with Crippen LogP contribution in [0.15, 0.2) is 30.3 Å². The Balaban J connectivity index is 3.10. The third kappa shape index (κ3) is 12.3. The number of carboxylic acids is 2. The molecule has 4 amide bonds. The third-order valence-electron chi connectivity index (χ3n) is 5.52. The van der Waals surface area contributed by atoms with Gasteiger partial charge in [-0.1, -0.05) is 36.8 Å². The number of nitrogens with one attached hydrogen (secondary N) is 3. The summed E-state index contributed by atoms with van der Waals surface area (Å²) in [6.07, 6.45) is 0.00336. The van der Waals surface area contributed by atoms with Crippen LogP contribution in [0, 0.1) is 0 Å². The van der Waals surface area contributed by atoms with Gasteiger partial charge in [-0.3, -0.25) is 24.0 Å². The molecule has 14 heteroatoms. The van der Waals surface area contributed by atoms with Crippen LogP contribution in [0.1, 0.15) is 44.1 Å². The number of unbranched alkanes of at least 4 members (excludes halogenated alkanes) is 1. The van der Waals surface area contributed by atoms with Crippen LogP contribution in [-0.2, 0) is 35.2 Å². The number of nitrogens with two attached hydrogens (primary N) is 3. The van der Waals surface area contributed by atoms with Crippen molar-refractivity contribution in [3.8, 4) is 0 Å². The Kier molecular flexibility index (Phi) is 14.0. The lowest BCUT2D eigenvalue weighted by Gasteiger charge is -2.25. The Morgan fingerprint density at radius 1 is 0.789 bits per heavy atom. The summed E-state index contributed by atoms with van der Waals surface area (Å²) in [7, 11) is 0. The first-order valence-electron chi connectivity index (χ1n) is 12.1. The van der Waals surface area contributed by atoms with Gasteiger partial charge in [-0.2, -0.15) is 0 Å². The van der Waals surface area contributed by atoms with Crippen LogP contribution in [0.3, 0.4) is 0 Å². The fourth-order valence-corrected chi connectivity index (χ4v) is 3.46. The van der Waals surface area contributed by atoms with Crippen molar-refractivity contribution in [2.75, 3.05) is 6.54 Å². The molecule has 4 atom stereocenters. The van der Waals surface area contributed by atoms with Gasteiger partial charge in [-0.25, -0.2) is 4.79 Å². The highest BCUT2D eigenvalue weighted by molar-refractivity contribution is 5.95. The van der Waals surface area contributed by atoms with E-state index in [2.05, 4.69) is 16.0 Å². The number of hydrogen-bond acceptors (Lipinski definition) is 8. The first-order chi connectivity index (χ1) is 17.9. The van der Waals surface area contributed by atoms with E-state index in [1.807, 2.05) is 0 Å². The lowest BCUT2D eigenvalue weighted by Crippen LogP contribution is -2.57. The van der Waals surface area contributed by atoms with Crippen molar-refractivity contribution in [1.29, 1.82) is 0 Å². The van der Waals surface area contributed by atoms with Crippen LogP contribution in [0.25, 0.3) is 0 Å². The summed E-state index contributed by atoms with van der Waals surface area (Å²) in [5, 5.41) is 25.4. The normalized spacial score (nSPS) is 13.8. The molecule has 0 saturated carbocycles. The Morgan fingerprint density at radius 2 is 1.37 bits per heavy atom. The van der Waals surface area contributed by atoms with Crippen molar-refractivity contribution >= 4 is 35.6 Å². The van der Waals surface area contributed by atoms with Gasteiger partial charge in [-0.05, 0) is 31.4 Å². The highest BCUT2D eigenvalue weighted by atomic mass is 16.4. The lowest BCUT2D eigenvalue weighted by atomic mass is 10.0. The first-order valence-corrected chi connectivity index (χ1v) is 12.1. The van der Waals surface area contributed by atoms with Crippen LogP contribution in [0.4, 0.5) is 0 Å². The Labute approximate surface area is 219 Å². The van der Waals surface area contributed by atoms with E-state index in [9.17, 15) is 33.9 Å². The second-order valence-corrected chi connectivity index (χ2v) is 8.71. The number of rotatable bonds is 18. The summed E-state index contributed by atoms with van der Waals surface area (Å²) in [4.78, 5) is 72.4. The molecule has 0 radical (unpaired) electrons. The molecule has 4 unspecified atom stereocenters. The summed E-state index contributed by atoms with van der Waals surface area (Å²) in [6, 6.07) is 3.42. The fraction of sp³-hybridized carbons (Fsp3) is 0.500. The summed E-state index contributed by atoms with van der Waals surface area (Å²) in [5.74, 6) is -6.24. The molecule has 0 aliphatic carbocycles. The van der Waals surface area contributed by atoms with Crippen LogP contribution in [-0.4, -0.2) is 76.5 Å². The molecule has 0 heterocycles.